The molecule has 9 nitrogen and oxygen atoms in total. The van der Waals surface area contributed by atoms with E-state index in [0.717, 1.165) is 32.1 Å². The molecule has 0 amide bonds. The molecule has 0 heterocycles. The Kier molecular flexibility index (Phi) is 57.5. The Bertz CT molecular complexity index is 1130. The zero-order chi connectivity index (χ0) is 51.7. The zero-order valence-electron chi connectivity index (χ0n) is 47.5. The lowest BCUT2D eigenvalue weighted by Gasteiger charge is -2.19. The van der Waals surface area contributed by atoms with Gasteiger partial charge < -0.3 is 20.1 Å². The third-order valence-electron chi connectivity index (χ3n) is 14.5. The van der Waals surface area contributed by atoms with Crippen LogP contribution in [0.3, 0.4) is 0 Å². The minimum absolute atomic E-state index is 0.0587. The van der Waals surface area contributed by atoms with Gasteiger partial charge in [0.05, 0.1) is 13.2 Å². The molecule has 0 saturated heterocycles. The molecule has 0 fully saturated rings. The van der Waals surface area contributed by atoms with Gasteiger partial charge in [-0.3, -0.25) is 18.6 Å². The van der Waals surface area contributed by atoms with Gasteiger partial charge in [0.15, 0.2) is 6.10 Å². The van der Waals surface area contributed by atoms with E-state index in [4.69, 9.17) is 24.3 Å². The predicted molar refractivity (Wildman–Crippen MR) is 303 cm³/mol. The Morgan fingerprint density at radius 3 is 0.859 bits per heavy atom. The third-order valence-corrected chi connectivity index (χ3v) is 15.5. The first kappa shape index (κ1) is 70.0. The lowest BCUT2D eigenvalue weighted by Crippen LogP contribution is -2.29. The molecule has 0 radical (unpaired) electrons. The molecule has 0 saturated carbocycles. The average Bonchev–Trinajstić information content (AvgIpc) is 3.36. The van der Waals surface area contributed by atoms with Crippen LogP contribution in [0.2, 0.25) is 0 Å². The fourth-order valence-electron chi connectivity index (χ4n) is 9.82. The van der Waals surface area contributed by atoms with Gasteiger partial charge in [-0.25, -0.2) is 4.57 Å². The maximum atomic E-state index is 12.7. The van der Waals surface area contributed by atoms with Crippen LogP contribution in [0.25, 0.3) is 0 Å². The minimum Gasteiger partial charge on any atom is -0.462 e. The highest BCUT2D eigenvalue weighted by Gasteiger charge is 2.26. The number of esters is 2. The highest BCUT2D eigenvalue weighted by atomic mass is 31.2. The Morgan fingerprint density at radius 2 is 0.606 bits per heavy atom. The number of phosphoric acid groups is 1. The Morgan fingerprint density at radius 1 is 0.366 bits per heavy atom. The standard InChI is InChI=1S/C61H122NO8P/c1-3-5-7-9-11-13-15-17-19-21-23-25-27-29-30-32-34-36-38-40-42-44-46-48-50-52-54-61(64)70-59(58-69-71(65,66)68-56-55-62)57-67-60(63)53-51-49-47-45-43-41-39-37-35-33-31-28-26-24-22-20-18-16-14-12-10-8-6-4-2/h59H,3-58,62H2,1-2H3,(H,65,66). The molecule has 424 valence electrons. The summed E-state index contributed by atoms with van der Waals surface area (Å²) in [4.78, 5) is 35.2. The van der Waals surface area contributed by atoms with Gasteiger partial charge in [0.2, 0.25) is 0 Å². The van der Waals surface area contributed by atoms with Crippen molar-refractivity contribution >= 4 is 19.8 Å². The van der Waals surface area contributed by atoms with E-state index in [0.29, 0.717) is 12.8 Å². The van der Waals surface area contributed by atoms with Crippen LogP contribution in [0.1, 0.15) is 348 Å². The van der Waals surface area contributed by atoms with E-state index < -0.39 is 26.5 Å². The number of rotatable bonds is 61. The minimum atomic E-state index is -4.38. The molecule has 3 N–H and O–H groups in total. The Labute approximate surface area is 441 Å². The van der Waals surface area contributed by atoms with Crippen molar-refractivity contribution in [1.82, 2.24) is 0 Å². The molecule has 0 aliphatic carbocycles. The number of ether oxygens (including phenoxy) is 2. The normalized spacial score (nSPS) is 12.9. The first-order valence-electron chi connectivity index (χ1n) is 31.5. The van der Waals surface area contributed by atoms with E-state index in [9.17, 15) is 19.0 Å². The van der Waals surface area contributed by atoms with E-state index in [1.54, 1.807) is 0 Å². The highest BCUT2D eigenvalue weighted by Crippen LogP contribution is 2.43. The Balaban J connectivity index is 3.86. The van der Waals surface area contributed by atoms with Crippen molar-refractivity contribution in [1.29, 1.82) is 0 Å². The van der Waals surface area contributed by atoms with Crippen LogP contribution in [-0.4, -0.2) is 49.3 Å². The van der Waals surface area contributed by atoms with Gasteiger partial charge in [-0.1, -0.05) is 322 Å². The summed E-state index contributed by atoms with van der Waals surface area (Å²) in [5.74, 6) is -0.800. The highest BCUT2D eigenvalue weighted by molar-refractivity contribution is 7.47. The van der Waals surface area contributed by atoms with Crippen LogP contribution < -0.4 is 5.73 Å². The summed E-state index contributed by atoms with van der Waals surface area (Å²) in [6.45, 7) is 3.84. The summed E-state index contributed by atoms with van der Waals surface area (Å²) >= 11 is 0. The van der Waals surface area contributed by atoms with Crippen molar-refractivity contribution < 1.29 is 37.6 Å². The second-order valence-electron chi connectivity index (χ2n) is 21.7. The van der Waals surface area contributed by atoms with Gasteiger partial charge in [0.25, 0.3) is 0 Å². The van der Waals surface area contributed by atoms with Gasteiger partial charge in [-0.2, -0.15) is 0 Å². The quantitative estimate of drug-likeness (QED) is 0.0347. The largest absolute Gasteiger partial charge is 0.472 e. The topological polar surface area (TPSA) is 134 Å². The van der Waals surface area contributed by atoms with Crippen LogP contribution in [0.4, 0.5) is 0 Å². The molecule has 71 heavy (non-hydrogen) atoms. The number of carbonyl (C=O) groups excluding carboxylic acids is 2. The molecule has 0 rings (SSSR count). The summed E-state index contributed by atoms with van der Waals surface area (Å²) in [5.41, 5.74) is 5.39. The van der Waals surface area contributed by atoms with Gasteiger partial charge in [0, 0.05) is 19.4 Å². The second kappa shape index (κ2) is 58.3. The van der Waals surface area contributed by atoms with Crippen LogP contribution >= 0.6 is 7.82 Å². The zero-order valence-corrected chi connectivity index (χ0v) is 48.4. The SMILES string of the molecule is CCCCCCCCCCCCCCCCCCCCCCCCCCCCC(=O)OC(COC(=O)CCCCCCCCCCCCCCCCCCCCCCCCCC)COP(=O)(O)OCCN. The van der Waals surface area contributed by atoms with Gasteiger partial charge in [0.1, 0.15) is 6.61 Å². The van der Waals surface area contributed by atoms with Crippen molar-refractivity contribution in [2.24, 2.45) is 5.73 Å². The summed E-state index contributed by atoms with van der Waals surface area (Å²) in [6, 6.07) is 0. The predicted octanol–water partition coefficient (Wildman–Crippen LogP) is 19.9. The van der Waals surface area contributed by atoms with Crippen LogP contribution in [0.15, 0.2) is 0 Å². The van der Waals surface area contributed by atoms with E-state index in [1.165, 1.54) is 283 Å². The number of carbonyl (C=O) groups is 2. The van der Waals surface area contributed by atoms with Gasteiger partial charge >= 0.3 is 19.8 Å². The van der Waals surface area contributed by atoms with Crippen LogP contribution in [0, 0.1) is 0 Å². The van der Waals surface area contributed by atoms with Crippen molar-refractivity contribution in [2.75, 3.05) is 26.4 Å². The molecule has 0 aromatic carbocycles. The molecule has 0 aliphatic rings. The maximum absolute atomic E-state index is 12.7. The third kappa shape index (κ3) is 58.1. The number of hydrogen-bond acceptors (Lipinski definition) is 8. The number of nitrogens with two attached hydrogens (primary N) is 1. The fourth-order valence-corrected chi connectivity index (χ4v) is 10.6. The maximum Gasteiger partial charge on any atom is 0.472 e. The molecule has 2 atom stereocenters. The van der Waals surface area contributed by atoms with E-state index >= 15 is 0 Å². The van der Waals surface area contributed by atoms with Gasteiger partial charge in [-0.05, 0) is 12.8 Å². The van der Waals surface area contributed by atoms with Gasteiger partial charge in [-0.15, -0.1) is 0 Å². The lowest BCUT2D eigenvalue weighted by atomic mass is 10.0. The smallest absolute Gasteiger partial charge is 0.462 e. The number of unbranched alkanes of at least 4 members (excludes halogenated alkanes) is 48. The molecule has 10 heteroatoms. The summed E-state index contributed by atoms with van der Waals surface area (Å²) in [7, 11) is -4.38. The molecule has 0 aliphatic heterocycles. The molecular weight excluding hydrogens is 906 g/mol. The van der Waals surface area contributed by atoms with E-state index in [2.05, 4.69) is 13.8 Å². The van der Waals surface area contributed by atoms with E-state index in [1.807, 2.05) is 0 Å². The first-order valence-corrected chi connectivity index (χ1v) is 33.0. The van der Waals surface area contributed by atoms with Crippen molar-refractivity contribution in [3.63, 3.8) is 0 Å². The first-order chi connectivity index (χ1) is 34.8. The number of hydrogen-bond donors (Lipinski definition) is 2. The fraction of sp³-hybridized carbons (Fsp3) is 0.967. The van der Waals surface area contributed by atoms with Crippen LogP contribution in [-0.2, 0) is 32.7 Å². The summed E-state index contributed by atoms with van der Waals surface area (Å²) in [6.07, 6.45) is 66.1. The summed E-state index contributed by atoms with van der Waals surface area (Å²) in [5, 5.41) is 0. The van der Waals surface area contributed by atoms with Crippen LogP contribution in [0.5, 0.6) is 0 Å². The molecule has 0 bridgehead atoms. The Hall–Kier alpha value is -0.990. The summed E-state index contributed by atoms with van der Waals surface area (Å²) < 4.78 is 33.1. The molecule has 0 aromatic heterocycles. The monoisotopic (exact) mass is 1030 g/mol. The second-order valence-corrected chi connectivity index (χ2v) is 23.1. The lowest BCUT2D eigenvalue weighted by molar-refractivity contribution is -0.161. The molecule has 2 unspecified atom stereocenters. The molecular formula is C61H122NO8P. The van der Waals surface area contributed by atoms with Crippen molar-refractivity contribution in [3.8, 4) is 0 Å². The van der Waals surface area contributed by atoms with Crippen molar-refractivity contribution in [2.45, 2.75) is 354 Å². The number of phosphoric ester groups is 1. The van der Waals surface area contributed by atoms with Crippen molar-refractivity contribution in [3.05, 3.63) is 0 Å². The van der Waals surface area contributed by atoms with E-state index in [-0.39, 0.29) is 32.1 Å². The average molecular weight is 1030 g/mol. The molecule has 0 spiro atoms. The molecule has 0 aromatic rings.